The second kappa shape index (κ2) is 28.7. The molecular weight excluding hydrogens is 468 g/mol. The Bertz CT molecular complexity index is 855. The van der Waals surface area contributed by atoms with Crippen LogP contribution in [0, 0.1) is 13.8 Å². The molecule has 1 unspecified atom stereocenters. The van der Waals surface area contributed by atoms with Crippen LogP contribution in [0.5, 0.6) is 0 Å². The van der Waals surface area contributed by atoms with E-state index in [9.17, 15) is 0 Å². The molecule has 0 fully saturated rings. The second-order valence-electron chi connectivity index (χ2n) is 9.64. The van der Waals surface area contributed by atoms with Crippen LogP contribution in [0.1, 0.15) is 149 Å². The van der Waals surface area contributed by atoms with Crippen molar-refractivity contribution in [1.29, 1.82) is 0 Å². The molecule has 0 heteroatoms. The lowest BCUT2D eigenvalue weighted by Crippen LogP contribution is -2.04. The molecular formula is C39H66. The molecule has 0 nitrogen and oxygen atoms in total. The van der Waals surface area contributed by atoms with E-state index in [0.717, 1.165) is 5.57 Å². The van der Waals surface area contributed by atoms with Gasteiger partial charge in [0.15, 0.2) is 0 Å². The molecule has 2 aromatic carbocycles. The summed E-state index contributed by atoms with van der Waals surface area (Å²) in [7, 11) is 0. The maximum atomic E-state index is 4.39. The molecule has 0 aliphatic heterocycles. The topological polar surface area (TPSA) is 0 Å². The molecule has 0 spiro atoms. The molecule has 2 aromatic rings. The van der Waals surface area contributed by atoms with Gasteiger partial charge < -0.3 is 0 Å². The van der Waals surface area contributed by atoms with Gasteiger partial charge in [-0.05, 0) is 54.2 Å². The van der Waals surface area contributed by atoms with Crippen molar-refractivity contribution in [2.45, 2.75) is 140 Å². The fourth-order valence-corrected chi connectivity index (χ4v) is 3.94. The molecule has 0 amide bonds. The highest BCUT2D eigenvalue weighted by Crippen LogP contribution is 2.37. The van der Waals surface area contributed by atoms with E-state index in [1.165, 1.54) is 84.8 Å². The summed E-state index contributed by atoms with van der Waals surface area (Å²) in [5, 5.41) is 0. The molecule has 1 atom stereocenters. The molecule has 39 heavy (non-hydrogen) atoms. The van der Waals surface area contributed by atoms with E-state index in [-0.39, 0.29) is 5.92 Å². The van der Waals surface area contributed by atoms with Crippen molar-refractivity contribution in [3.05, 3.63) is 101 Å². The van der Waals surface area contributed by atoms with Crippen LogP contribution in [-0.2, 0) is 0 Å². The van der Waals surface area contributed by atoms with Gasteiger partial charge in [0.05, 0.1) is 0 Å². The molecule has 0 bridgehead atoms. The minimum Gasteiger partial charge on any atom is -0.0988 e. The van der Waals surface area contributed by atoms with Gasteiger partial charge in [-0.25, -0.2) is 0 Å². The van der Waals surface area contributed by atoms with Gasteiger partial charge in [-0.1, -0.05) is 187 Å². The summed E-state index contributed by atoms with van der Waals surface area (Å²) >= 11 is 0. The van der Waals surface area contributed by atoms with Gasteiger partial charge in [-0.3, -0.25) is 0 Å². The average molecular weight is 535 g/mol. The average Bonchev–Trinajstić information content (AvgIpc) is 2.98. The van der Waals surface area contributed by atoms with Crippen molar-refractivity contribution in [1.82, 2.24) is 0 Å². The van der Waals surface area contributed by atoms with E-state index < -0.39 is 0 Å². The number of benzene rings is 2. The van der Waals surface area contributed by atoms with Crippen molar-refractivity contribution in [2.24, 2.45) is 0 Å². The van der Waals surface area contributed by atoms with E-state index in [2.05, 4.69) is 117 Å². The lowest BCUT2D eigenvalue weighted by Gasteiger charge is -2.23. The van der Waals surface area contributed by atoms with Gasteiger partial charge in [-0.15, -0.1) is 0 Å². The van der Waals surface area contributed by atoms with Crippen LogP contribution in [0.3, 0.4) is 0 Å². The van der Waals surface area contributed by atoms with Crippen LogP contribution >= 0.6 is 0 Å². The maximum Gasteiger partial charge on any atom is 0.00721 e. The summed E-state index contributed by atoms with van der Waals surface area (Å²) in [6, 6.07) is 17.1. The number of allylic oxidation sites excluding steroid dienone is 4. The summed E-state index contributed by atoms with van der Waals surface area (Å²) in [6.07, 6.45) is 13.1. The highest BCUT2D eigenvalue weighted by Gasteiger charge is 2.18. The van der Waals surface area contributed by atoms with Gasteiger partial charge in [0.1, 0.15) is 0 Å². The van der Waals surface area contributed by atoms with Crippen molar-refractivity contribution in [3.63, 3.8) is 0 Å². The number of rotatable bonds is 11. The van der Waals surface area contributed by atoms with Crippen LogP contribution in [0.2, 0.25) is 0 Å². The lowest BCUT2D eigenvalue weighted by molar-refractivity contribution is 0.624. The van der Waals surface area contributed by atoms with Crippen LogP contribution in [0.4, 0.5) is 0 Å². The quantitative estimate of drug-likeness (QED) is 0.199. The highest BCUT2D eigenvalue weighted by atomic mass is 14.2. The summed E-state index contributed by atoms with van der Waals surface area (Å²) in [6.45, 7) is 33.9. The number of aryl methyl sites for hydroxylation is 2. The zero-order valence-electron chi connectivity index (χ0n) is 28.3. The minimum absolute atomic E-state index is 0.281. The largest absolute Gasteiger partial charge is 0.0988 e. The Morgan fingerprint density at radius 2 is 1.18 bits per heavy atom. The van der Waals surface area contributed by atoms with Crippen molar-refractivity contribution >= 4 is 5.57 Å². The first-order chi connectivity index (χ1) is 18.8. The molecule has 0 heterocycles. The predicted molar refractivity (Wildman–Crippen MR) is 185 cm³/mol. The molecule has 0 aliphatic carbocycles. The smallest absolute Gasteiger partial charge is 0.00721 e. The SMILES string of the molecule is C=C/C(C)=C(/C(=C)c1ccc(C)cc1)C(C)c1ccccc1C.CC.CC.CCCC.CCCCCCCC. The summed E-state index contributed by atoms with van der Waals surface area (Å²) in [5.41, 5.74) is 8.62. The summed E-state index contributed by atoms with van der Waals surface area (Å²) in [5.74, 6) is 0.281. The van der Waals surface area contributed by atoms with Crippen molar-refractivity contribution in [2.75, 3.05) is 0 Å². The Kier molecular flexibility index (Phi) is 30.2. The maximum absolute atomic E-state index is 4.39. The summed E-state index contributed by atoms with van der Waals surface area (Å²) < 4.78 is 0. The fraction of sp³-hybridized carbons (Fsp3) is 0.538. The number of hydrogen-bond donors (Lipinski definition) is 0. The normalized spacial score (nSPS) is 10.9. The Balaban J connectivity index is -0.000000672. The third-order valence-electron chi connectivity index (χ3n) is 6.50. The third kappa shape index (κ3) is 18.6. The molecule has 0 saturated carbocycles. The molecule has 222 valence electrons. The van der Waals surface area contributed by atoms with Crippen LogP contribution in [-0.4, -0.2) is 0 Å². The lowest BCUT2D eigenvalue weighted by atomic mass is 9.81. The monoisotopic (exact) mass is 535 g/mol. The zero-order chi connectivity index (χ0) is 30.6. The molecule has 0 N–H and O–H groups in total. The Morgan fingerprint density at radius 3 is 1.56 bits per heavy atom. The van der Waals surface area contributed by atoms with Gasteiger partial charge in [0.2, 0.25) is 0 Å². The number of unbranched alkanes of at least 4 members (excludes halogenated alkanes) is 6. The van der Waals surface area contributed by atoms with E-state index in [0.29, 0.717) is 0 Å². The summed E-state index contributed by atoms with van der Waals surface area (Å²) in [4.78, 5) is 0. The predicted octanol–water partition coefficient (Wildman–Crippen LogP) is 13.8. The van der Waals surface area contributed by atoms with Gasteiger partial charge in [-0.2, -0.15) is 0 Å². The first kappa shape index (κ1) is 41.1. The van der Waals surface area contributed by atoms with Gasteiger partial charge in [0, 0.05) is 5.92 Å². The molecule has 0 aromatic heterocycles. The minimum atomic E-state index is 0.281. The Morgan fingerprint density at radius 1 is 0.718 bits per heavy atom. The van der Waals surface area contributed by atoms with E-state index in [1.807, 2.05) is 33.8 Å². The van der Waals surface area contributed by atoms with Gasteiger partial charge >= 0.3 is 0 Å². The molecule has 0 aliphatic rings. The molecule has 0 saturated heterocycles. The van der Waals surface area contributed by atoms with Crippen LogP contribution < -0.4 is 0 Å². The fourth-order valence-electron chi connectivity index (χ4n) is 3.94. The van der Waals surface area contributed by atoms with Gasteiger partial charge in [0.25, 0.3) is 0 Å². The third-order valence-corrected chi connectivity index (χ3v) is 6.50. The van der Waals surface area contributed by atoms with Crippen molar-refractivity contribution < 1.29 is 0 Å². The first-order valence-corrected chi connectivity index (χ1v) is 15.9. The highest BCUT2D eigenvalue weighted by molar-refractivity contribution is 5.80. The van der Waals surface area contributed by atoms with Crippen molar-refractivity contribution in [3.8, 4) is 0 Å². The van der Waals surface area contributed by atoms with E-state index >= 15 is 0 Å². The van der Waals surface area contributed by atoms with E-state index in [1.54, 1.807) is 0 Å². The molecule has 0 radical (unpaired) electrons. The van der Waals surface area contributed by atoms with E-state index in [4.69, 9.17) is 0 Å². The first-order valence-electron chi connectivity index (χ1n) is 15.9. The standard InChI is InChI=1S/C23H26.C8H18.C4H10.2C2H6/c1-7-17(3)23(19(5)21-14-12-16(2)13-15-21)20(6)22-11-9-8-10-18(22)4;1-3-5-7-8-6-4-2;1-3-4-2;2*1-2/h7-15,20H,1,5H2,2-4,6H3;3-8H2,1-2H3;3-4H2,1-2H3;2*1-2H3/b23-17-;;;;. The zero-order valence-corrected chi connectivity index (χ0v) is 28.3. The van der Waals surface area contributed by atoms with Crippen LogP contribution in [0.15, 0.2) is 78.9 Å². The Hall–Kier alpha value is -2.34. The molecule has 2 rings (SSSR count). The second-order valence-corrected chi connectivity index (χ2v) is 9.64. The van der Waals surface area contributed by atoms with Crippen LogP contribution in [0.25, 0.3) is 5.57 Å². The Labute approximate surface area is 246 Å². The number of hydrogen-bond acceptors (Lipinski definition) is 0.